The Morgan fingerprint density at radius 1 is 1.30 bits per heavy atom. The first-order chi connectivity index (χ1) is 9.28. The number of sulfonamides is 1. The van der Waals surface area contributed by atoms with Gasteiger partial charge in [0.2, 0.25) is 10.0 Å². The van der Waals surface area contributed by atoms with E-state index in [9.17, 15) is 8.42 Å². The summed E-state index contributed by atoms with van der Waals surface area (Å²) >= 11 is 0. The van der Waals surface area contributed by atoms with E-state index in [2.05, 4.69) is 0 Å². The van der Waals surface area contributed by atoms with Crippen LogP contribution in [0.25, 0.3) is 0 Å². The summed E-state index contributed by atoms with van der Waals surface area (Å²) < 4.78 is 25.9. The first-order valence-electron chi connectivity index (χ1n) is 6.51. The van der Waals surface area contributed by atoms with E-state index < -0.39 is 10.0 Å². The zero-order valence-electron chi connectivity index (χ0n) is 12.1. The Morgan fingerprint density at radius 3 is 2.30 bits per heavy atom. The number of nitriles is 1. The summed E-state index contributed by atoms with van der Waals surface area (Å²) in [4.78, 5) is 0.192. The second-order valence-electron chi connectivity index (χ2n) is 5.16. The van der Waals surface area contributed by atoms with Crippen LogP contribution in [0, 0.1) is 17.2 Å². The van der Waals surface area contributed by atoms with E-state index in [0.29, 0.717) is 24.4 Å². The quantitative estimate of drug-likeness (QED) is 0.862. The molecule has 0 saturated carbocycles. The SMILES string of the molecule is CC(C)C(N)CCN(C)S(=O)(=O)c1ccc(C#N)cc1. The lowest BCUT2D eigenvalue weighted by Gasteiger charge is -2.21. The third-order valence-corrected chi connectivity index (χ3v) is 5.20. The van der Waals surface area contributed by atoms with Gasteiger partial charge >= 0.3 is 0 Å². The van der Waals surface area contributed by atoms with Crippen LogP contribution in [0.5, 0.6) is 0 Å². The molecule has 0 aliphatic carbocycles. The molecule has 1 aromatic rings. The minimum Gasteiger partial charge on any atom is -0.327 e. The first kappa shape index (κ1) is 16.6. The maximum atomic E-state index is 12.3. The fourth-order valence-corrected chi connectivity index (χ4v) is 2.85. The molecular weight excluding hydrogens is 274 g/mol. The molecule has 5 nitrogen and oxygen atoms in total. The van der Waals surface area contributed by atoms with Crippen molar-refractivity contribution in [3.8, 4) is 6.07 Å². The normalized spacial score (nSPS) is 13.4. The number of hydrogen-bond donors (Lipinski definition) is 1. The van der Waals surface area contributed by atoms with Crippen LogP contribution in [0.15, 0.2) is 29.2 Å². The molecule has 0 aliphatic rings. The van der Waals surface area contributed by atoms with Gasteiger partial charge < -0.3 is 5.73 Å². The number of rotatable bonds is 6. The Morgan fingerprint density at radius 2 is 1.85 bits per heavy atom. The van der Waals surface area contributed by atoms with Gasteiger partial charge in [-0.05, 0) is 36.6 Å². The first-order valence-corrected chi connectivity index (χ1v) is 7.95. The minimum absolute atomic E-state index is 0.0198. The number of nitrogens with zero attached hydrogens (tertiary/aromatic N) is 2. The standard InChI is InChI=1S/C14H21N3O2S/c1-11(2)14(16)8-9-17(3)20(18,19)13-6-4-12(10-15)5-7-13/h4-7,11,14H,8-9,16H2,1-3H3. The highest BCUT2D eigenvalue weighted by Crippen LogP contribution is 2.16. The lowest BCUT2D eigenvalue weighted by molar-refractivity contribution is 0.397. The molecule has 110 valence electrons. The predicted octanol–water partition coefficient (Wildman–Crippen LogP) is 1.55. The van der Waals surface area contributed by atoms with Crippen molar-refractivity contribution in [1.82, 2.24) is 4.31 Å². The molecule has 1 aromatic carbocycles. The van der Waals surface area contributed by atoms with E-state index >= 15 is 0 Å². The van der Waals surface area contributed by atoms with Crippen molar-refractivity contribution in [3.63, 3.8) is 0 Å². The molecule has 0 aromatic heterocycles. The number of hydrogen-bond acceptors (Lipinski definition) is 4. The summed E-state index contributed by atoms with van der Waals surface area (Å²) in [6.45, 7) is 4.40. The highest BCUT2D eigenvalue weighted by atomic mass is 32.2. The maximum absolute atomic E-state index is 12.3. The second-order valence-corrected chi connectivity index (χ2v) is 7.20. The van der Waals surface area contributed by atoms with Gasteiger partial charge in [0.05, 0.1) is 16.5 Å². The predicted molar refractivity (Wildman–Crippen MR) is 78.4 cm³/mol. The molecule has 1 unspecified atom stereocenters. The van der Waals surface area contributed by atoms with E-state index in [0.717, 1.165) is 0 Å². The van der Waals surface area contributed by atoms with Crippen molar-refractivity contribution in [2.75, 3.05) is 13.6 Å². The molecular formula is C14H21N3O2S. The lowest BCUT2D eigenvalue weighted by atomic mass is 10.0. The van der Waals surface area contributed by atoms with Crippen LogP contribution in [0.4, 0.5) is 0 Å². The van der Waals surface area contributed by atoms with Crippen molar-refractivity contribution >= 4 is 10.0 Å². The summed E-state index contributed by atoms with van der Waals surface area (Å²) in [7, 11) is -1.97. The van der Waals surface area contributed by atoms with E-state index in [1.165, 1.54) is 28.6 Å². The highest BCUT2D eigenvalue weighted by molar-refractivity contribution is 7.89. The van der Waals surface area contributed by atoms with E-state index in [1.807, 2.05) is 19.9 Å². The Bertz CT molecular complexity index is 573. The summed E-state index contributed by atoms with van der Waals surface area (Å²) in [6, 6.07) is 7.85. The molecule has 2 N–H and O–H groups in total. The third-order valence-electron chi connectivity index (χ3n) is 3.33. The van der Waals surface area contributed by atoms with Gasteiger partial charge in [0.25, 0.3) is 0 Å². The fourth-order valence-electron chi connectivity index (χ4n) is 1.67. The average molecular weight is 295 g/mol. The molecule has 1 atom stereocenters. The van der Waals surface area contributed by atoms with Crippen molar-refractivity contribution in [2.24, 2.45) is 11.7 Å². The van der Waals surface area contributed by atoms with Crippen LogP contribution in [0.2, 0.25) is 0 Å². The summed E-state index contributed by atoms with van der Waals surface area (Å²) in [5.74, 6) is 0.320. The van der Waals surface area contributed by atoms with Crippen LogP contribution in [-0.2, 0) is 10.0 Å². The van der Waals surface area contributed by atoms with Gasteiger partial charge in [-0.25, -0.2) is 12.7 Å². The molecule has 0 saturated heterocycles. The van der Waals surface area contributed by atoms with Crippen LogP contribution in [-0.4, -0.2) is 32.4 Å². The highest BCUT2D eigenvalue weighted by Gasteiger charge is 2.21. The fraction of sp³-hybridized carbons (Fsp3) is 0.500. The van der Waals surface area contributed by atoms with Gasteiger partial charge in [0.1, 0.15) is 0 Å². The van der Waals surface area contributed by atoms with Crippen molar-refractivity contribution in [1.29, 1.82) is 5.26 Å². The van der Waals surface area contributed by atoms with Gasteiger partial charge in [-0.1, -0.05) is 13.8 Å². The molecule has 0 bridgehead atoms. The van der Waals surface area contributed by atoms with E-state index in [1.54, 1.807) is 7.05 Å². The van der Waals surface area contributed by atoms with Crippen molar-refractivity contribution in [3.05, 3.63) is 29.8 Å². The molecule has 0 radical (unpaired) electrons. The molecule has 0 amide bonds. The molecule has 20 heavy (non-hydrogen) atoms. The van der Waals surface area contributed by atoms with Gasteiger partial charge in [0.15, 0.2) is 0 Å². The monoisotopic (exact) mass is 295 g/mol. The average Bonchev–Trinajstić information content (AvgIpc) is 2.44. The smallest absolute Gasteiger partial charge is 0.242 e. The zero-order chi connectivity index (χ0) is 15.3. The Hall–Kier alpha value is -1.42. The van der Waals surface area contributed by atoms with Gasteiger partial charge in [-0.2, -0.15) is 5.26 Å². The lowest BCUT2D eigenvalue weighted by Crippen LogP contribution is -2.34. The number of nitrogens with two attached hydrogens (primary N) is 1. The molecule has 0 fully saturated rings. The van der Waals surface area contributed by atoms with Crippen LogP contribution in [0.3, 0.4) is 0 Å². The van der Waals surface area contributed by atoms with Gasteiger partial charge in [-0.3, -0.25) is 0 Å². The van der Waals surface area contributed by atoms with Crippen LogP contribution < -0.4 is 5.73 Å². The van der Waals surface area contributed by atoms with Crippen LogP contribution in [0.1, 0.15) is 25.8 Å². The molecule has 6 heteroatoms. The number of benzene rings is 1. The van der Waals surface area contributed by atoms with Gasteiger partial charge in [0, 0.05) is 19.6 Å². The third kappa shape index (κ3) is 4.04. The maximum Gasteiger partial charge on any atom is 0.242 e. The van der Waals surface area contributed by atoms with E-state index in [-0.39, 0.29) is 10.9 Å². The Labute approximate surface area is 121 Å². The summed E-state index contributed by atoms with van der Waals surface area (Å²) in [6.07, 6.45) is 0.615. The summed E-state index contributed by atoms with van der Waals surface area (Å²) in [5, 5.41) is 8.71. The molecule has 0 aliphatic heterocycles. The largest absolute Gasteiger partial charge is 0.327 e. The molecule has 0 spiro atoms. The van der Waals surface area contributed by atoms with Crippen molar-refractivity contribution in [2.45, 2.75) is 31.2 Å². The summed E-state index contributed by atoms with van der Waals surface area (Å²) in [5.41, 5.74) is 6.37. The topological polar surface area (TPSA) is 87.2 Å². The Balaban J connectivity index is 2.79. The van der Waals surface area contributed by atoms with E-state index in [4.69, 9.17) is 11.0 Å². The second kappa shape index (κ2) is 6.84. The minimum atomic E-state index is -3.52. The Kier molecular flexibility index (Phi) is 5.69. The molecule has 1 rings (SSSR count). The zero-order valence-corrected chi connectivity index (χ0v) is 12.9. The van der Waals surface area contributed by atoms with Crippen molar-refractivity contribution < 1.29 is 8.42 Å². The van der Waals surface area contributed by atoms with Gasteiger partial charge in [-0.15, -0.1) is 0 Å². The van der Waals surface area contributed by atoms with Crippen LogP contribution >= 0.6 is 0 Å². The molecule has 0 heterocycles.